The molecule has 0 atom stereocenters. The highest BCUT2D eigenvalue weighted by atomic mass is 127. The molecule has 0 aliphatic heterocycles. The maximum absolute atomic E-state index is 9.36. The molecule has 0 aliphatic rings. The molecule has 0 fully saturated rings. The molecule has 0 aromatic heterocycles. The Bertz CT molecular complexity index is 44.9. The molecule has 0 unspecified atom stereocenters. The van der Waals surface area contributed by atoms with Gasteiger partial charge >= 0.3 is 6.09 Å². The van der Waals surface area contributed by atoms with Crippen LogP contribution < -0.4 is 5.73 Å². The molecule has 0 bridgehead atoms. The van der Waals surface area contributed by atoms with Gasteiger partial charge in [0.15, 0.2) is 23.0 Å². The van der Waals surface area contributed by atoms with Gasteiger partial charge in [-0.3, -0.25) is 0 Å². The average molecular weight is 187 g/mol. The second-order valence-corrected chi connectivity index (χ2v) is 0.837. The van der Waals surface area contributed by atoms with Crippen LogP contribution in [0.4, 0.5) is 4.79 Å². The van der Waals surface area contributed by atoms with Gasteiger partial charge < -0.3 is 8.80 Å². The van der Waals surface area contributed by atoms with E-state index in [9.17, 15) is 4.79 Å². The van der Waals surface area contributed by atoms with Crippen LogP contribution in [-0.4, -0.2) is 6.09 Å². The zero-order valence-electron chi connectivity index (χ0n) is 2.27. The Morgan fingerprint density at radius 3 is 2.20 bits per heavy atom. The van der Waals surface area contributed by atoms with E-state index in [1.807, 2.05) is 0 Å². The lowest BCUT2D eigenvalue weighted by Gasteiger charge is -1.76. The molecule has 3 nitrogen and oxygen atoms in total. The maximum Gasteiger partial charge on any atom is 0.414 e. The summed E-state index contributed by atoms with van der Waals surface area (Å²) in [4.78, 5) is 9.36. The van der Waals surface area contributed by atoms with Gasteiger partial charge in [-0.15, -0.1) is 0 Å². The Kier molecular flexibility index (Phi) is 2.25. The molecule has 0 aromatic carbocycles. The quantitative estimate of drug-likeness (QED) is 0.559. The van der Waals surface area contributed by atoms with Crippen LogP contribution >= 0.6 is 23.0 Å². The highest BCUT2D eigenvalue weighted by Gasteiger charge is 1.79. The van der Waals surface area contributed by atoms with Crippen molar-refractivity contribution in [3.05, 3.63) is 0 Å². The third-order valence-electron chi connectivity index (χ3n) is 0.0760. The molecule has 4 heteroatoms. The first kappa shape index (κ1) is 5.00. The molecule has 5 heavy (non-hydrogen) atoms. The van der Waals surface area contributed by atoms with Gasteiger partial charge in [0.1, 0.15) is 0 Å². The van der Waals surface area contributed by atoms with E-state index in [0.717, 1.165) is 0 Å². The van der Waals surface area contributed by atoms with E-state index < -0.39 is 6.09 Å². The molecular formula is CH2INO2. The lowest BCUT2D eigenvalue weighted by molar-refractivity contribution is 0.224. The van der Waals surface area contributed by atoms with Crippen molar-refractivity contribution >= 4 is 29.1 Å². The van der Waals surface area contributed by atoms with Crippen molar-refractivity contribution < 1.29 is 7.86 Å². The Labute approximate surface area is 43.2 Å². The number of hydrogen-bond donors (Lipinski definition) is 1. The maximum atomic E-state index is 9.36. The number of primary amides is 1. The lowest BCUT2D eigenvalue weighted by atomic mass is 11.3. The molecule has 0 aromatic rings. The molecule has 2 N–H and O–H groups in total. The van der Waals surface area contributed by atoms with Gasteiger partial charge in [0.05, 0.1) is 0 Å². The molecule has 0 saturated heterocycles. The van der Waals surface area contributed by atoms with Crippen molar-refractivity contribution in [3.63, 3.8) is 0 Å². The second-order valence-electron chi connectivity index (χ2n) is 0.396. The standard InChI is InChI=1S/CH2INO2/c2-5-1(3)4/h(H2,3,4). The fourth-order valence-electron chi connectivity index (χ4n) is 0. The van der Waals surface area contributed by atoms with Gasteiger partial charge in [-0.25, -0.2) is 4.79 Å². The number of rotatable bonds is 0. The van der Waals surface area contributed by atoms with Crippen molar-refractivity contribution in [1.29, 1.82) is 0 Å². The Morgan fingerprint density at radius 2 is 2.20 bits per heavy atom. The van der Waals surface area contributed by atoms with Crippen LogP contribution in [0.3, 0.4) is 0 Å². The minimum Gasteiger partial charge on any atom is -0.379 e. The summed E-state index contributed by atoms with van der Waals surface area (Å²) in [6.07, 6.45) is -0.759. The normalized spacial score (nSPS) is 6.60. The molecular weight excluding hydrogens is 185 g/mol. The van der Waals surface area contributed by atoms with Gasteiger partial charge in [0, 0.05) is 0 Å². The Balaban J connectivity index is 2.85. The predicted molar refractivity (Wildman–Crippen MR) is 24.7 cm³/mol. The summed E-state index contributed by atoms with van der Waals surface area (Å²) in [5.74, 6) is 0. The van der Waals surface area contributed by atoms with E-state index in [-0.39, 0.29) is 0 Å². The molecule has 0 radical (unpaired) electrons. The first-order chi connectivity index (χ1) is 2.27. The van der Waals surface area contributed by atoms with E-state index in [2.05, 4.69) is 8.80 Å². The van der Waals surface area contributed by atoms with Gasteiger partial charge in [0.2, 0.25) is 0 Å². The Morgan fingerprint density at radius 1 is 2.00 bits per heavy atom. The number of carbonyl (C=O) groups is 1. The largest absolute Gasteiger partial charge is 0.414 e. The van der Waals surface area contributed by atoms with Crippen molar-refractivity contribution in [2.75, 3.05) is 0 Å². The monoisotopic (exact) mass is 187 g/mol. The predicted octanol–water partition coefficient (Wildman–Crippen LogP) is 0.432. The van der Waals surface area contributed by atoms with Crippen LogP contribution in [0.2, 0.25) is 0 Å². The van der Waals surface area contributed by atoms with Gasteiger partial charge in [-0.1, -0.05) is 0 Å². The molecule has 0 rings (SSSR count). The van der Waals surface area contributed by atoms with E-state index in [1.54, 1.807) is 0 Å². The summed E-state index contributed by atoms with van der Waals surface area (Å²) in [5.41, 5.74) is 4.42. The van der Waals surface area contributed by atoms with E-state index in [1.165, 1.54) is 23.0 Å². The number of amides is 1. The van der Waals surface area contributed by atoms with Gasteiger partial charge in [-0.2, -0.15) is 0 Å². The van der Waals surface area contributed by atoms with Crippen LogP contribution in [0.1, 0.15) is 0 Å². The first-order valence-corrected chi connectivity index (χ1v) is 1.73. The third kappa shape index (κ3) is 4.00. The SMILES string of the molecule is NC(=O)OI. The first-order valence-electron chi connectivity index (χ1n) is 0.851. The van der Waals surface area contributed by atoms with Crippen LogP contribution in [0.25, 0.3) is 0 Å². The number of nitrogens with two attached hydrogens (primary N) is 1. The number of carbonyl (C=O) groups excluding carboxylic acids is 1. The zero-order chi connectivity index (χ0) is 4.28. The number of halogens is 1. The van der Waals surface area contributed by atoms with Gasteiger partial charge in [0.25, 0.3) is 0 Å². The van der Waals surface area contributed by atoms with E-state index in [4.69, 9.17) is 0 Å². The zero-order valence-corrected chi connectivity index (χ0v) is 4.43. The molecule has 0 heterocycles. The van der Waals surface area contributed by atoms with Crippen molar-refractivity contribution in [2.45, 2.75) is 0 Å². The average Bonchev–Trinajstić information content (AvgIpc) is 1.38. The van der Waals surface area contributed by atoms with Crippen LogP contribution in [0, 0.1) is 0 Å². The van der Waals surface area contributed by atoms with Gasteiger partial charge in [-0.05, 0) is 0 Å². The van der Waals surface area contributed by atoms with E-state index >= 15 is 0 Å². The van der Waals surface area contributed by atoms with Crippen molar-refractivity contribution in [2.24, 2.45) is 5.73 Å². The molecule has 1 amide bonds. The fourth-order valence-corrected chi connectivity index (χ4v) is 0. The fraction of sp³-hybridized carbons (Fsp3) is 0. The number of hydrogen-bond acceptors (Lipinski definition) is 2. The molecule has 0 spiro atoms. The van der Waals surface area contributed by atoms with Crippen molar-refractivity contribution in [3.8, 4) is 0 Å². The van der Waals surface area contributed by atoms with Crippen LogP contribution in [0.5, 0.6) is 0 Å². The molecule has 30 valence electrons. The minimum absolute atomic E-state index is 0.759. The summed E-state index contributed by atoms with van der Waals surface area (Å²) in [7, 11) is 0. The summed E-state index contributed by atoms with van der Waals surface area (Å²) < 4.78 is 3.86. The van der Waals surface area contributed by atoms with Crippen LogP contribution in [-0.2, 0) is 3.07 Å². The summed E-state index contributed by atoms with van der Waals surface area (Å²) in [6.45, 7) is 0. The highest BCUT2D eigenvalue weighted by molar-refractivity contribution is 14.1. The smallest absolute Gasteiger partial charge is 0.379 e. The molecule has 0 aliphatic carbocycles. The summed E-state index contributed by atoms with van der Waals surface area (Å²) >= 11 is 1.40. The topological polar surface area (TPSA) is 52.3 Å². The lowest BCUT2D eigenvalue weighted by Crippen LogP contribution is -2.05. The van der Waals surface area contributed by atoms with Crippen molar-refractivity contribution in [1.82, 2.24) is 0 Å². The molecule has 0 saturated carbocycles. The van der Waals surface area contributed by atoms with Crippen LogP contribution in [0.15, 0.2) is 0 Å². The Hall–Kier alpha value is 0. The highest BCUT2D eigenvalue weighted by Crippen LogP contribution is 1.79. The summed E-state index contributed by atoms with van der Waals surface area (Å²) in [5, 5.41) is 0. The van der Waals surface area contributed by atoms with E-state index in [0.29, 0.717) is 0 Å². The third-order valence-corrected chi connectivity index (χ3v) is 0.510. The minimum atomic E-state index is -0.759. The second kappa shape index (κ2) is 2.25. The summed E-state index contributed by atoms with van der Waals surface area (Å²) in [6, 6.07) is 0.